The number of ether oxygens (including phenoxy) is 1. The SMILES string of the molecule is CCOCCn1c(=NC(=O)c2ccc(S(=O)(=O)N3CC(C)CC(C)C3)cc2)sc2cc(S(N)(=O)=O)ccc21. The third kappa shape index (κ3) is 6.24. The second-order valence-corrected chi connectivity index (χ2v) is 14.1. The molecule has 1 fully saturated rings. The summed E-state index contributed by atoms with van der Waals surface area (Å²) in [5.41, 5.74) is 0.934. The lowest BCUT2D eigenvalue weighted by molar-refractivity contribution is 0.0996. The van der Waals surface area contributed by atoms with E-state index in [-0.39, 0.29) is 27.2 Å². The molecule has 38 heavy (non-hydrogen) atoms. The van der Waals surface area contributed by atoms with Crippen LogP contribution >= 0.6 is 11.3 Å². The molecule has 1 amide bonds. The number of sulfonamides is 2. The number of fused-ring (bicyclic) bond motifs is 1. The van der Waals surface area contributed by atoms with Crippen molar-refractivity contribution in [1.29, 1.82) is 0 Å². The molecule has 0 spiro atoms. The summed E-state index contributed by atoms with van der Waals surface area (Å²) in [5.74, 6) is 0.0208. The molecular weight excluding hydrogens is 548 g/mol. The van der Waals surface area contributed by atoms with E-state index >= 15 is 0 Å². The van der Waals surface area contributed by atoms with E-state index < -0.39 is 26.0 Å². The number of carbonyl (C=O) groups is 1. The fourth-order valence-electron chi connectivity index (χ4n) is 4.70. The Balaban J connectivity index is 1.66. The van der Waals surface area contributed by atoms with E-state index in [2.05, 4.69) is 4.99 Å². The third-order valence-corrected chi connectivity index (χ3v) is 10.2. The Morgan fingerprint density at radius 1 is 1.05 bits per heavy atom. The molecule has 2 aromatic carbocycles. The highest BCUT2D eigenvalue weighted by Crippen LogP contribution is 2.27. The molecule has 0 aliphatic carbocycles. The average Bonchev–Trinajstić information content (AvgIpc) is 3.19. The molecule has 206 valence electrons. The molecule has 2 N–H and O–H groups in total. The normalized spacial score (nSPS) is 19.7. The van der Waals surface area contributed by atoms with Crippen LogP contribution in [0.5, 0.6) is 0 Å². The molecular formula is C25H32N4O6S3. The summed E-state index contributed by atoms with van der Waals surface area (Å²) in [4.78, 5) is 17.8. The number of piperidine rings is 1. The van der Waals surface area contributed by atoms with E-state index in [0.29, 0.717) is 47.9 Å². The summed E-state index contributed by atoms with van der Waals surface area (Å²) in [6.07, 6.45) is 0.993. The fourth-order valence-corrected chi connectivity index (χ4v) is 8.09. The van der Waals surface area contributed by atoms with Crippen molar-refractivity contribution < 1.29 is 26.4 Å². The van der Waals surface area contributed by atoms with Crippen molar-refractivity contribution in [2.75, 3.05) is 26.3 Å². The lowest BCUT2D eigenvalue weighted by Crippen LogP contribution is -2.42. The smallest absolute Gasteiger partial charge is 0.279 e. The number of primary sulfonamides is 1. The van der Waals surface area contributed by atoms with Gasteiger partial charge in [0, 0.05) is 31.8 Å². The molecule has 0 radical (unpaired) electrons. The molecule has 1 aliphatic rings. The van der Waals surface area contributed by atoms with Crippen molar-refractivity contribution in [1.82, 2.24) is 8.87 Å². The van der Waals surface area contributed by atoms with Gasteiger partial charge in [-0.15, -0.1) is 0 Å². The number of carbonyl (C=O) groups excluding carboxylic acids is 1. The first-order valence-electron chi connectivity index (χ1n) is 12.3. The standard InChI is InChI=1S/C25H32N4O6S3/c1-4-35-12-11-29-22-10-9-21(37(26,31)32)14-23(22)36-25(29)27-24(30)19-5-7-20(8-6-19)38(33,34)28-15-17(2)13-18(3)16-28/h5-10,14,17-18H,4,11-13,15-16H2,1-3H3,(H2,26,31,32). The monoisotopic (exact) mass is 580 g/mol. The van der Waals surface area contributed by atoms with Crippen molar-refractivity contribution in [3.8, 4) is 0 Å². The molecule has 10 nitrogen and oxygen atoms in total. The molecule has 2 heterocycles. The molecule has 2 atom stereocenters. The van der Waals surface area contributed by atoms with Crippen molar-refractivity contribution >= 4 is 47.5 Å². The number of thiazole rings is 1. The number of aromatic nitrogens is 1. The second-order valence-electron chi connectivity index (χ2n) is 9.62. The summed E-state index contributed by atoms with van der Waals surface area (Å²) >= 11 is 1.16. The number of hydrogen-bond donors (Lipinski definition) is 1. The maximum Gasteiger partial charge on any atom is 0.279 e. The summed E-state index contributed by atoms with van der Waals surface area (Å²) in [6.45, 7) is 8.22. The Morgan fingerprint density at radius 2 is 1.68 bits per heavy atom. The Labute approximate surface area is 226 Å². The van der Waals surface area contributed by atoms with Gasteiger partial charge < -0.3 is 9.30 Å². The number of rotatable bonds is 8. The number of amides is 1. The van der Waals surface area contributed by atoms with Crippen LogP contribution in [0.4, 0.5) is 0 Å². The minimum atomic E-state index is -3.89. The van der Waals surface area contributed by atoms with Crippen LogP contribution in [-0.4, -0.2) is 57.9 Å². The van der Waals surface area contributed by atoms with Gasteiger partial charge >= 0.3 is 0 Å². The van der Waals surface area contributed by atoms with Gasteiger partial charge in [-0.25, -0.2) is 22.0 Å². The summed E-state index contributed by atoms with van der Waals surface area (Å²) < 4.78 is 59.3. The highest BCUT2D eigenvalue weighted by Gasteiger charge is 2.31. The van der Waals surface area contributed by atoms with Crippen molar-refractivity contribution in [2.45, 2.75) is 43.5 Å². The summed E-state index contributed by atoms with van der Waals surface area (Å²) in [6, 6.07) is 10.3. The van der Waals surface area contributed by atoms with Crippen LogP contribution in [0, 0.1) is 11.8 Å². The zero-order chi connectivity index (χ0) is 27.7. The van der Waals surface area contributed by atoms with Crippen LogP contribution in [0.1, 0.15) is 37.6 Å². The largest absolute Gasteiger partial charge is 0.380 e. The van der Waals surface area contributed by atoms with Crippen LogP contribution < -0.4 is 9.94 Å². The lowest BCUT2D eigenvalue weighted by Gasteiger charge is -2.34. The number of nitrogens with two attached hydrogens (primary N) is 1. The van der Waals surface area contributed by atoms with E-state index in [0.717, 1.165) is 17.8 Å². The molecule has 4 rings (SSSR count). The van der Waals surface area contributed by atoms with E-state index in [4.69, 9.17) is 9.88 Å². The minimum absolute atomic E-state index is 0.0321. The van der Waals surface area contributed by atoms with Crippen LogP contribution in [0.3, 0.4) is 0 Å². The van der Waals surface area contributed by atoms with Gasteiger partial charge in [-0.1, -0.05) is 25.2 Å². The van der Waals surface area contributed by atoms with Gasteiger partial charge in [-0.2, -0.15) is 9.30 Å². The first kappa shape index (κ1) is 28.6. The van der Waals surface area contributed by atoms with Crippen LogP contribution in [0.15, 0.2) is 57.2 Å². The van der Waals surface area contributed by atoms with Gasteiger partial charge in [-0.05, 0) is 67.6 Å². The van der Waals surface area contributed by atoms with Crippen molar-refractivity contribution in [3.63, 3.8) is 0 Å². The first-order chi connectivity index (χ1) is 17.9. The molecule has 13 heteroatoms. The number of hydrogen-bond acceptors (Lipinski definition) is 7. The average molecular weight is 581 g/mol. The molecule has 1 aromatic heterocycles. The Morgan fingerprint density at radius 3 is 2.29 bits per heavy atom. The van der Waals surface area contributed by atoms with E-state index in [1.54, 1.807) is 10.6 Å². The lowest BCUT2D eigenvalue weighted by atomic mass is 9.94. The van der Waals surface area contributed by atoms with Crippen LogP contribution in [-0.2, 0) is 31.3 Å². The molecule has 1 saturated heterocycles. The van der Waals surface area contributed by atoms with Gasteiger partial charge in [0.1, 0.15) is 0 Å². The highest BCUT2D eigenvalue weighted by molar-refractivity contribution is 7.89. The number of nitrogens with zero attached hydrogens (tertiary/aromatic N) is 3. The molecule has 0 bridgehead atoms. The minimum Gasteiger partial charge on any atom is -0.380 e. The maximum absolute atomic E-state index is 13.2. The fraction of sp³-hybridized carbons (Fsp3) is 0.440. The molecule has 3 aromatic rings. The summed E-state index contributed by atoms with van der Waals surface area (Å²) in [5, 5.41) is 5.28. The summed E-state index contributed by atoms with van der Waals surface area (Å²) in [7, 11) is -7.56. The predicted molar refractivity (Wildman–Crippen MR) is 146 cm³/mol. The van der Waals surface area contributed by atoms with E-state index in [9.17, 15) is 21.6 Å². The van der Waals surface area contributed by atoms with Crippen molar-refractivity contribution in [2.24, 2.45) is 22.0 Å². The second kappa shape index (κ2) is 11.4. The number of benzene rings is 2. The zero-order valence-electron chi connectivity index (χ0n) is 21.5. The van der Waals surface area contributed by atoms with Gasteiger partial charge in [-0.3, -0.25) is 4.79 Å². The Kier molecular flexibility index (Phi) is 8.55. The highest BCUT2D eigenvalue weighted by atomic mass is 32.2. The van der Waals surface area contributed by atoms with Crippen molar-refractivity contribution in [3.05, 3.63) is 52.8 Å². The first-order valence-corrected chi connectivity index (χ1v) is 16.1. The predicted octanol–water partition coefficient (Wildman–Crippen LogP) is 2.79. The quantitative estimate of drug-likeness (QED) is 0.406. The topological polar surface area (TPSA) is 141 Å². The Hall–Kier alpha value is -2.42. The Bertz CT molecular complexity index is 1600. The molecule has 0 saturated carbocycles. The zero-order valence-corrected chi connectivity index (χ0v) is 24.0. The maximum atomic E-state index is 13.2. The van der Waals surface area contributed by atoms with Crippen LogP contribution in [0.25, 0.3) is 10.2 Å². The van der Waals surface area contributed by atoms with E-state index in [1.165, 1.54) is 40.7 Å². The third-order valence-electron chi connectivity index (χ3n) is 6.42. The van der Waals surface area contributed by atoms with Crippen LogP contribution in [0.2, 0.25) is 0 Å². The van der Waals surface area contributed by atoms with Gasteiger partial charge in [0.05, 0.1) is 26.6 Å². The van der Waals surface area contributed by atoms with Gasteiger partial charge in [0.25, 0.3) is 5.91 Å². The van der Waals surface area contributed by atoms with E-state index in [1.807, 2.05) is 20.8 Å². The van der Waals surface area contributed by atoms with Gasteiger partial charge in [0.2, 0.25) is 20.0 Å². The molecule has 1 aliphatic heterocycles. The molecule has 2 unspecified atom stereocenters. The van der Waals surface area contributed by atoms with Gasteiger partial charge in [0.15, 0.2) is 4.80 Å².